The molecule has 178 valence electrons. The SMILES string of the molecule is COc1ccc2nccc(N3CC(NC[C@@H]4CN(c5ccc(OC(F)F)cc5)C(=O)O4)C3)c2n1. The van der Waals surface area contributed by atoms with Crippen LogP contribution in [0, 0.1) is 0 Å². The number of alkyl halides is 2. The number of pyridine rings is 2. The molecule has 1 N–H and O–H groups in total. The highest BCUT2D eigenvalue weighted by atomic mass is 19.3. The molecule has 5 rings (SSSR count). The summed E-state index contributed by atoms with van der Waals surface area (Å²) in [6, 6.07) is 11.8. The minimum Gasteiger partial charge on any atom is -0.481 e. The van der Waals surface area contributed by atoms with Gasteiger partial charge in [-0.3, -0.25) is 9.88 Å². The third kappa shape index (κ3) is 4.51. The molecule has 1 atom stereocenters. The van der Waals surface area contributed by atoms with Crippen LogP contribution in [-0.4, -0.2) is 68.1 Å². The molecular formula is C23H23F2N5O4. The lowest BCUT2D eigenvalue weighted by Crippen LogP contribution is -2.59. The Kier molecular flexibility index (Phi) is 6.01. The van der Waals surface area contributed by atoms with Crippen LogP contribution in [0.5, 0.6) is 11.6 Å². The van der Waals surface area contributed by atoms with Gasteiger partial charge in [-0.15, -0.1) is 0 Å². The van der Waals surface area contributed by atoms with E-state index in [-0.39, 0.29) is 17.9 Å². The van der Waals surface area contributed by atoms with E-state index in [2.05, 4.69) is 24.9 Å². The molecule has 0 saturated carbocycles. The highest BCUT2D eigenvalue weighted by Gasteiger charge is 2.34. The summed E-state index contributed by atoms with van der Waals surface area (Å²) >= 11 is 0. The normalized spacial score (nSPS) is 18.4. The first kappa shape index (κ1) is 22.1. The minimum absolute atomic E-state index is 0.0367. The number of anilines is 2. The summed E-state index contributed by atoms with van der Waals surface area (Å²) in [5.74, 6) is 0.579. The summed E-state index contributed by atoms with van der Waals surface area (Å²) in [6.45, 7) is -0.439. The van der Waals surface area contributed by atoms with Crippen LogP contribution in [0.3, 0.4) is 0 Å². The molecular weight excluding hydrogens is 448 g/mol. The van der Waals surface area contributed by atoms with E-state index in [0.717, 1.165) is 29.8 Å². The van der Waals surface area contributed by atoms with Crippen molar-refractivity contribution in [2.75, 3.05) is 43.1 Å². The van der Waals surface area contributed by atoms with Crippen LogP contribution in [0.2, 0.25) is 0 Å². The first-order chi connectivity index (χ1) is 16.5. The Labute approximate surface area is 194 Å². The zero-order valence-corrected chi connectivity index (χ0v) is 18.4. The molecule has 0 spiro atoms. The number of carbonyl (C=O) groups is 1. The topological polar surface area (TPSA) is 89.1 Å². The second-order valence-electron chi connectivity index (χ2n) is 8.05. The molecule has 34 heavy (non-hydrogen) atoms. The van der Waals surface area contributed by atoms with Crippen molar-refractivity contribution in [2.24, 2.45) is 0 Å². The molecule has 0 radical (unpaired) electrons. The molecule has 2 fully saturated rings. The van der Waals surface area contributed by atoms with E-state index in [1.807, 2.05) is 12.1 Å². The summed E-state index contributed by atoms with van der Waals surface area (Å²) in [4.78, 5) is 24.9. The molecule has 11 heteroatoms. The van der Waals surface area contributed by atoms with Gasteiger partial charge in [-0.05, 0) is 36.4 Å². The maximum absolute atomic E-state index is 12.3. The van der Waals surface area contributed by atoms with Crippen LogP contribution in [0.4, 0.5) is 25.0 Å². The fourth-order valence-corrected chi connectivity index (χ4v) is 4.11. The molecule has 2 aliphatic heterocycles. The van der Waals surface area contributed by atoms with Crippen molar-refractivity contribution in [3.8, 4) is 11.6 Å². The fourth-order valence-electron chi connectivity index (χ4n) is 4.11. The number of methoxy groups -OCH3 is 1. The second kappa shape index (κ2) is 9.26. The molecule has 4 heterocycles. The Morgan fingerprint density at radius 2 is 1.94 bits per heavy atom. The van der Waals surface area contributed by atoms with Gasteiger partial charge in [0.25, 0.3) is 0 Å². The Morgan fingerprint density at radius 3 is 2.68 bits per heavy atom. The third-order valence-electron chi connectivity index (χ3n) is 5.85. The quantitative estimate of drug-likeness (QED) is 0.536. The Bertz CT molecular complexity index is 1170. The molecule has 3 aromatic rings. The van der Waals surface area contributed by atoms with Crippen LogP contribution in [0.1, 0.15) is 0 Å². The number of fused-ring (bicyclic) bond motifs is 1. The number of halogens is 2. The first-order valence-electron chi connectivity index (χ1n) is 10.8. The second-order valence-corrected chi connectivity index (χ2v) is 8.05. The van der Waals surface area contributed by atoms with Crippen molar-refractivity contribution in [2.45, 2.75) is 18.8 Å². The monoisotopic (exact) mass is 471 g/mol. The summed E-state index contributed by atoms with van der Waals surface area (Å²) in [7, 11) is 1.58. The van der Waals surface area contributed by atoms with Gasteiger partial charge in [-0.25, -0.2) is 9.78 Å². The summed E-state index contributed by atoms with van der Waals surface area (Å²) in [5.41, 5.74) is 3.17. The standard InChI is InChI=1S/C23H23F2N5O4/c1-32-20-7-6-18-21(28-20)19(8-9-26-18)29-11-14(12-29)27-10-17-13-30(23(31)34-17)15-2-4-16(5-3-15)33-22(24)25/h2-9,14,17,22,27H,10-13H2,1H3/t17-/m1/s1. The third-order valence-corrected chi connectivity index (χ3v) is 5.85. The van der Waals surface area contributed by atoms with Crippen LogP contribution in [-0.2, 0) is 4.74 Å². The van der Waals surface area contributed by atoms with E-state index < -0.39 is 12.7 Å². The van der Waals surface area contributed by atoms with Crippen LogP contribution >= 0.6 is 0 Å². The molecule has 9 nitrogen and oxygen atoms in total. The zero-order valence-electron chi connectivity index (χ0n) is 18.4. The number of hydrogen-bond donors (Lipinski definition) is 1. The molecule has 2 aromatic heterocycles. The van der Waals surface area contributed by atoms with E-state index in [1.54, 1.807) is 31.5 Å². The number of nitrogens with one attached hydrogen (secondary N) is 1. The number of cyclic esters (lactones) is 1. The van der Waals surface area contributed by atoms with E-state index in [4.69, 9.17) is 9.47 Å². The summed E-state index contributed by atoms with van der Waals surface area (Å²) < 4.78 is 39.7. The van der Waals surface area contributed by atoms with Gasteiger partial charge >= 0.3 is 12.7 Å². The van der Waals surface area contributed by atoms with Gasteiger partial charge in [-0.1, -0.05) is 0 Å². The van der Waals surface area contributed by atoms with Crippen molar-refractivity contribution in [3.05, 3.63) is 48.7 Å². The number of ether oxygens (including phenoxy) is 3. The van der Waals surface area contributed by atoms with Crippen molar-refractivity contribution >= 4 is 28.5 Å². The Morgan fingerprint density at radius 1 is 1.15 bits per heavy atom. The molecule has 1 aromatic carbocycles. The number of rotatable bonds is 8. The minimum atomic E-state index is -2.89. The number of hydrogen-bond acceptors (Lipinski definition) is 8. The molecule has 0 aliphatic carbocycles. The van der Waals surface area contributed by atoms with Crippen molar-refractivity contribution in [1.29, 1.82) is 0 Å². The summed E-state index contributed by atoms with van der Waals surface area (Å²) in [6.07, 6.45) is 0.991. The fraction of sp³-hybridized carbons (Fsp3) is 0.348. The van der Waals surface area contributed by atoms with E-state index in [0.29, 0.717) is 24.7 Å². The number of aromatic nitrogens is 2. The van der Waals surface area contributed by atoms with Crippen molar-refractivity contribution < 1.29 is 27.8 Å². The maximum Gasteiger partial charge on any atom is 0.414 e. The number of benzene rings is 1. The number of nitrogens with zero attached hydrogens (tertiary/aromatic N) is 4. The lowest BCUT2D eigenvalue weighted by molar-refractivity contribution is -0.0498. The van der Waals surface area contributed by atoms with E-state index >= 15 is 0 Å². The first-order valence-corrected chi connectivity index (χ1v) is 10.8. The van der Waals surface area contributed by atoms with Gasteiger partial charge < -0.3 is 24.4 Å². The van der Waals surface area contributed by atoms with Gasteiger partial charge in [-0.2, -0.15) is 8.78 Å². The largest absolute Gasteiger partial charge is 0.481 e. The molecule has 0 bridgehead atoms. The van der Waals surface area contributed by atoms with Gasteiger partial charge in [0.05, 0.1) is 24.9 Å². The average molecular weight is 471 g/mol. The van der Waals surface area contributed by atoms with E-state index in [9.17, 15) is 13.6 Å². The summed E-state index contributed by atoms with van der Waals surface area (Å²) in [5, 5.41) is 3.45. The number of carbonyl (C=O) groups excluding carboxylic acids is 1. The van der Waals surface area contributed by atoms with Crippen molar-refractivity contribution in [3.63, 3.8) is 0 Å². The average Bonchev–Trinajstić information content (AvgIpc) is 3.18. The van der Waals surface area contributed by atoms with Crippen LogP contribution in [0.15, 0.2) is 48.7 Å². The van der Waals surface area contributed by atoms with Gasteiger partial charge in [0.1, 0.15) is 17.4 Å². The molecule has 2 saturated heterocycles. The molecule has 0 unspecified atom stereocenters. The van der Waals surface area contributed by atoms with Crippen LogP contribution < -0.4 is 24.6 Å². The van der Waals surface area contributed by atoms with Gasteiger partial charge in [0.15, 0.2) is 0 Å². The lowest BCUT2D eigenvalue weighted by atomic mass is 10.1. The van der Waals surface area contributed by atoms with Crippen molar-refractivity contribution in [1.82, 2.24) is 15.3 Å². The van der Waals surface area contributed by atoms with Gasteiger partial charge in [0, 0.05) is 43.6 Å². The highest BCUT2D eigenvalue weighted by Crippen LogP contribution is 2.29. The predicted octanol–water partition coefficient (Wildman–Crippen LogP) is 3.04. The number of amides is 1. The lowest BCUT2D eigenvalue weighted by Gasteiger charge is -2.41. The molecule has 2 aliphatic rings. The smallest absolute Gasteiger partial charge is 0.414 e. The van der Waals surface area contributed by atoms with Gasteiger partial charge in [0.2, 0.25) is 5.88 Å². The van der Waals surface area contributed by atoms with Crippen LogP contribution in [0.25, 0.3) is 11.0 Å². The van der Waals surface area contributed by atoms with E-state index in [1.165, 1.54) is 17.0 Å². The Hall–Kier alpha value is -3.73. The molecule has 1 amide bonds. The maximum atomic E-state index is 12.3. The zero-order chi connectivity index (χ0) is 23.7. The highest BCUT2D eigenvalue weighted by molar-refractivity contribution is 5.90. The Balaban J connectivity index is 1.14. The predicted molar refractivity (Wildman–Crippen MR) is 121 cm³/mol.